The number of hydrogen-bond acceptors (Lipinski definition) is 3. The van der Waals surface area contributed by atoms with E-state index in [1.165, 1.54) is 0 Å². The average Bonchev–Trinajstić information content (AvgIpc) is 2.58. The fraction of sp³-hybridized carbons (Fsp3) is 0.625. The number of nitrogens with zero attached hydrogens (tertiary/aromatic N) is 1. The van der Waals surface area contributed by atoms with E-state index < -0.39 is 5.60 Å². The van der Waals surface area contributed by atoms with Gasteiger partial charge >= 0.3 is 0 Å². The maximum atomic E-state index is 10.1. The Morgan fingerprint density at radius 2 is 2.17 bits per heavy atom. The van der Waals surface area contributed by atoms with Crippen molar-refractivity contribution in [2.24, 2.45) is 0 Å². The Labute approximate surface area is 71.0 Å². The van der Waals surface area contributed by atoms with Gasteiger partial charge in [-0.3, -0.25) is 5.10 Å². The van der Waals surface area contributed by atoms with Crippen molar-refractivity contribution in [3.63, 3.8) is 0 Å². The van der Waals surface area contributed by atoms with E-state index in [0.29, 0.717) is 0 Å². The van der Waals surface area contributed by atoms with Gasteiger partial charge in [0.25, 0.3) is 0 Å². The molecule has 1 aromatic heterocycles. The Bertz CT molecular complexity index is 239. The largest absolute Gasteiger partial charge is 0.385 e. The molecule has 1 aromatic rings. The van der Waals surface area contributed by atoms with Crippen molar-refractivity contribution < 1.29 is 5.11 Å². The number of rotatable bonds is 1. The minimum absolute atomic E-state index is 0.655. The molecule has 3 N–H and O–H groups in total. The van der Waals surface area contributed by atoms with Gasteiger partial charge in [-0.15, -0.1) is 0 Å². The molecule has 4 nitrogen and oxygen atoms in total. The lowest BCUT2D eigenvalue weighted by atomic mass is 9.87. The second-order valence-electron chi connectivity index (χ2n) is 3.27. The monoisotopic (exact) mass is 167 g/mol. The van der Waals surface area contributed by atoms with Crippen molar-refractivity contribution in [3.8, 4) is 0 Å². The lowest BCUT2D eigenvalue weighted by Crippen LogP contribution is -2.39. The van der Waals surface area contributed by atoms with Crippen molar-refractivity contribution in [1.82, 2.24) is 15.5 Å². The number of aromatic amines is 1. The highest BCUT2D eigenvalue weighted by Crippen LogP contribution is 2.29. The quantitative estimate of drug-likeness (QED) is 0.551. The van der Waals surface area contributed by atoms with E-state index in [2.05, 4.69) is 15.5 Å². The Morgan fingerprint density at radius 1 is 1.42 bits per heavy atom. The molecule has 1 fully saturated rings. The summed E-state index contributed by atoms with van der Waals surface area (Å²) in [4.78, 5) is 0. The highest BCUT2D eigenvalue weighted by atomic mass is 16.3. The third kappa shape index (κ3) is 1.23. The summed E-state index contributed by atoms with van der Waals surface area (Å²) in [5.74, 6) is 0. The molecule has 0 unspecified atom stereocenters. The minimum atomic E-state index is -0.655. The molecule has 0 bridgehead atoms. The van der Waals surface area contributed by atoms with Crippen molar-refractivity contribution >= 4 is 0 Å². The number of aromatic nitrogens is 2. The molecule has 0 atom stereocenters. The van der Waals surface area contributed by atoms with E-state index in [-0.39, 0.29) is 0 Å². The van der Waals surface area contributed by atoms with Crippen LogP contribution in [-0.2, 0) is 5.60 Å². The van der Waals surface area contributed by atoms with Crippen LogP contribution in [0, 0.1) is 0 Å². The Balaban J connectivity index is 2.19. The van der Waals surface area contributed by atoms with Crippen LogP contribution in [0.1, 0.15) is 18.4 Å². The lowest BCUT2D eigenvalue weighted by molar-refractivity contribution is 0.00597. The molecule has 0 spiro atoms. The molecule has 0 radical (unpaired) electrons. The van der Waals surface area contributed by atoms with Gasteiger partial charge in [-0.05, 0) is 25.9 Å². The van der Waals surface area contributed by atoms with Crippen molar-refractivity contribution in [3.05, 3.63) is 18.0 Å². The van der Waals surface area contributed by atoms with Crippen molar-refractivity contribution in [2.75, 3.05) is 13.1 Å². The zero-order chi connectivity index (χ0) is 8.44. The minimum Gasteiger partial charge on any atom is -0.385 e. The summed E-state index contributed by atoms with van der Waals surface area (Å²) in [5.41, 5.74) is 0.252. The average molecular weight is 167 g/mol. The molecule has 66 valence electrons. The molecule has 4 heteroatoms. The molecule has 0 aliphatic carbocycles. The molecular weight excluding hydrogens is 154 g/mol. The lowest BCUT2D eigenvalue weighted by Gasteiger charge is -2.31. The first kappa shape index (κ1) is 7.76. The van der Waals surface area contributed by atoms with Gasteiger partial charge in [0.15, 0.2) is 0 Å². The summed E-state index contributed by atoms with van der Waals surface area (Å²) in [6.07, 6.45) is 5.01. The first-order chi connectivity index (χ1) is 5.81. The fourth-order valence-corrected chi connectivity index (χ4v) is 1.63. The van der Waals surface area contributed by atoms with Crippen LogP contribution in [0.25, 0.3) is 0 Å². The zero-order valence-corrected chi connectivity index (χ0v) is 6.88. The van der Waals surface area contributed by atoms with E-state index in [0.717, 1.165) is 31.5 Å². The summed E-state index contributed by atoms with van der Waals surface area (Å²) in [5, 5.41) is 19.9. The second-order valence-corrected chi connectivity index (χ2v) is 3.27. The van der Waals surface area contributed by atoms with Gasteiger partial charge in [0.05, 0.1) is 11.8 Å². The standard InChI is InChI=1S/C8H13N3O/c12-8(1-3-9-4-2-8)7-5-10-11-6-7/h5-6,9,12H,1-4H2,(H,10,11). The molecule has 12 heavy (non-hydrogen) atoms. The smallest absolute Gasteiger partial charge is 0.0950 e. The van der Waals surface area contributed by atoms with Gasteiger partial charge in [-0.25, -0.2) is 0 Å². The normalized spacial score (nSPS) is 22.4. The first-order valence-electron chi connectivity index (χ1n) is 4.24. The first-order valence-corrected chi connectivity index (χ1v) is 4.24. The van der Waals surface area contributed by atoms with Crippen LogP contribution in [0.5, 0.6) is 0 Å². The van der Waals surface area contributed by atoms with Crippen LogP contribution in [0.15, 0.2) is 12.4 Å². The van der Waals surface area contributed by atoms with Crippen molar-refractivity contribution in [2.45, 2.75) is 18.4 Å². The predicted octanol–water partition coefficient (Wildman–Crippen LogP) is -0.0193. The van der Waals surface area contributed by atoms with Gasteiger partial charge in [-0.2, -0.15) is 5.10 Å². The maximum absolute atomic E-state index is 10.1. The number of nitrogens with one attached hydrogen (secondary N) is 2. The molecule has 2 heterocycles. The number of H-pyrrole nitrogens is 1. The highest BCUT2D eigenvalue weighted by molar-refractivity contribution is 5.15. The predicted molar refractivity (Wildman–Crippen MR) is 44.6 cm³/mol. The van der Waals surface area contributed by atoms with E-state index in [1.807, 2.05) is 0 Å². The molecule has 0 amide bonds. The van der Waals surface area contributed by atoms with Crippen LogP contribution in [-0.4, -0.2) is 28.4 Å². The highest BCUT2D eigenvalue weighted by Gasteiger charge is 2.31. The van der Waals surface area contributed by atoms with Crippen LogP contribution in [0.4, 0.5) is 0 Å². The number of hydrogen-bond donors (Lipinski definition) is 3. The van der Waals surface area contributed by atoms with Crippen LogP contribution in [0.2, 0.25) is 0 Å². The molecule has 1 saturated heterocycles. The SMILES string of the molecule is OC1(c2cn[nH]c2)CCNCC1. The number of aliphatic hydroxyl groups is 1. The van der Waals surface area contributed by atoms with Gasteiger partial charge in [0.2, 0.25) is 0 Å². The Kier molecular flexibility index (Phi) is 1.86. The molecule has 0 aromatic carbocycles. The van der Waals surface area contributed by atoms with Gasteiger partial charge in [0.1, 0.15) is 0 Å². The summed E-state index contributed by atoms with van der Waals surface area (Å²) in [6, 6.07) is 0. The van der Waals surface area contributed by atoms with Gasteiger partial charge < -0.3 is 10.4 Å². The Morgan fingerprint density at radius 3 is 2.75 bits per heavy atom. The summed E-state index contributed by atoms with van der Waals surface area (Å²) in [6.45, 7) is 1.75. The van der Waals surface area contributed by atoms with Gasteiger partial charge in [-0.1, -0.05) is 0 Å². The second kappa shape index (κ2) is 2.88. The third-order valence-electron chi connectivity index (χ3n) is 2.47. The molecule has 1 aliphatic heterocycles. The Hall–Kier alpha value is -0.870. The van der Waals surface area contributed by atoms with Crippen molar-refractivity contribution in [1.29, 1.82) is 0 Å². The third-order valence-corrected chi connectivity index (χ3v) is 2.47. The van der Waals surface area contributed by atoms with Crippen LogP contribution < -0.4 is 5.32 Å². The summed E-state index contributed by atoms with van der Waals surface area (Å²) < 4.78 is 0. The van der Waals surface area contributed by atoms with Crippen LogP contribution in [0.3, 0.4) is 0 Å². The van der Waals surface area contributed by atoms with E-state index in [9.17, 15) is 5.11 Å². The fourth-order valence-electron chi connectivity index (χ4n) is 1.63. The molecule has 1 aliphatic rings. The molecule has 2 rings (SSSR count). The summed E-state index contributed by atoms with van der Waals surface area (Å²) in [7, 11) is 0. The van der Waals surface area contributed by atoms with Gasteiger partial charge in [0, 0.05) is 11.8 Å². The molecule has 0 saturated carbocycles. The summed E-state index contributed by atoms with van der Waals surface area (Å²) >= 11 is 0. The van der Waals surface area contributed by atoms with Crippen LogP contribution >= 0.6 is 0 Å². The molecular formula is C8H13N3O. The van der Waals surface area contributed by atoms with E-state index in [4.69, 9.17) is 0 Å². The number of piperidine rings is 1. The topological polar surface area (TPSA) is 60.9 Å². The van der Waals surface area contributed by atoms with E-state index in [1.54, 1.807) is 12.4 Å². The zero-order valence-electron chi connectivity index (χ0n) is 6.88. The maximum Gasteiger partial charge on any atom is 0.0950 e. The van der Waals surface area contributed by atoms with E-state index >= 15 is 0 Å².